The molecule has 0 bridgehead atoms. The van der Waals surface area contributed by atoms with Gasteiger partial charge >= 0.3 is 0 Å². The van der Waals surface area contributed by atoms with Gasteiger partial charge in [0, 0.05) is 17.4 Å². The molecule has 0 saturated heterocycles. The van der Waals surface area contributed by atoms with Gasteiger partial charge in [-0.3, -0.25) is 9.36 Å². The molecule has 9 heteroatoms. The summed E-state index contributed by atoms with van der Waals surface area (Å²) in [5.41, 5.74) is 2.45. The molecule has 1 heterocycles. The number of nitrogens with one attached hydrogen (secondary N) is 1. The maximum atomic E-state index is 12.6. The van der Waals surface area contributed by atoms with Crippen LogP contribution in [0, 0.1) is 13.8 Å². The Morgan fingerprint density at radius 1 is 1.00 bits per heavy atom. The van der Waals surface area contributed by atoms with Crippen LogP contribution in [0.2, 0.25) is 0 Å². The molecular weight excluding hydrogens is 404 g/mol. The number of carbonyl (C=O) groups excluding carboxylic acids is 1. The topological polar surface area (TPSA) is 87.5 Å². The Morgan fingerprint density at radius 2 is 1.67 bits per heavy atom. The Balaban J connectivity index is 1.71. The molecule has 1 N–H and O–H groups in total. The molecule has 3 aromatic rings. The largest absolute Gasteiger partial charge is 0.497 e. The van der Waals surface area contributed by atoms with Gasteiger partial charge in [0.15, 0.2) is 16.7 Å². The number of aryl methyl sites for hydroxylation is 2. The highest BCUT2D eigenvalue weighted by Crippen LogP contribution is 2.33. The van der Waals surface area contributed by atoms with Gasteiger partial charge in [0.25, 0.3) is 0 Å². The van der Waals surface area contributed by atoms with Crippen LogP contribution in [0.5, 0.6) is 17.2 Å². The lowest BCUT2D eigenvalue weighted by molar-refractivity contribution is -0.113. The number of rotatable bonds is 8. The van der Waals surface area contributed by atoms with Crippen molar-refractivity contribution in [3.05, 3.63) is 47.8 Å². The monoisotopic (exact) mass is 428 g/mol. The highest BCUT2D eigenvalue weighted by molar-refractivity contribution is 7.99. The van der Waals surface area contributed by atoms with Gasteiger partial charge in [0.05, 0.1) is 27.1 Å². The molecule has 0 fully saturated rings. The van der Waals surface area contributed by atoms with Crippen LogP contribution in [-0.2, 0) is 4.79 Å². The zero-order valence-corrected chi connectivity index (χ0v) is 18.4. The smallest absolute Gasteiger partial charge is 0.234 e. The van der Waals surface area contributed by atoms with E-state index < -0.39 is 0 Å². The predicted molar refractivity (Wildman–Crippen MR) is 116 cm³/mol. The summed E-state index contributed by atoms with van der Waals surface area (Å²) in [6.45, 7) is 3.77. The van der Waals surface area contributed by atoms with Crippen LogP contribution in [0.15, 0.2) is 41.6 Å². The van der Waals surface area contributed by atoms with Gasteiger partial charge in [-0.2, -0.15) is 0 Å². The summed E-state index contributed by atoms with van der Waals surface area (Å²) < 4.78 is 17.7. The predicted octanol–water partition coefficient (Wildman–Crippen LogP) is 3.64. The highest BCUT2D eigenvalue weighted by atomic mass is 32.2. The molecule has 0 aliphatic rings. The summed E-state index contributed by atoms with van der Waals surface area (Å²) >= 11 is 1.31. The normalized spacial score (nSPS) is 10.6. The van der Waals surface area contributed by atoms with Crippen molar-refractivity contribution < 1.29 is 19.0 Å². The van der Waals surface area contributed by atoms with Crippen molar-refractivity contribution in [3.8, 4) is 22.9 Å². The molecule has 8 nitrogen and oxygen atoms in total. The number of benzene rings is 2. The SMILES string of the molecule is COc1ccc(-n2c(C)nnc2SCC(=O)Nc2cc(OC)c(OC)cc2C)cc1. The number of amides is 1. The zero-order chi connectivity index (χ0) is 21.7. The van der Waals surface area contributed by atoms with Gasteiger partial charge in [-0.15, -0.1) is 10.2 Å². The zero-order valence-electron chi connectivity index (χ0n) is 17.6. The number of hydrogen-bond acceptors (Lipinski definition) is 7. The summed E-state index contributed by atoms with van der Waals surface area (Å²) in [6, 6.07) is 11.2. The van der Waals surface area contributed by atoms with E-state index in [9.17, 15) is 4.79 Å². The minimum atomic E-state index is -0.155. The number of nitrogens with zero attached hydrogens (tertiary/aromatic N) is 3. The summed E-state index contributed by atoms with van der Waals surface area (Å²) in [5.74, 6) is 2.70. The van der Waals surface area contributed by atoms with Gasteiger partial charge in [-0.1, -0.05) is 11.8 Å². The standard InChI is InChI=1S/C21H24N4O4S/c1-13-10-18(28-4)19(29-5)11-17(13)22-20(26)12-30-21-24-23-14(2)25(21)15-6-8-16(27-3)9-7-15/h6-11H,12H2,1-5H3,(H,22,26). The second kappa shape index (κ2) is 9.53. The number of aromatic nitrogens is 3. The Morgan fingerprint density at radius 3 is 2.30 bits per heavy atom. The molecule has 1 aromatic heterocycles. The van der Waals surface area contributed by atoms with E-state index in [0.717, 1.165) is 22.8 Å². The average molecular weight is 429 g/mol. The summed E-state index contributed by atoms with van der Waals surface area (Å²) in [4.78, 5) is 12.6. The van der Waals surface area contributed by atoms with Crippen LogP contribution in [0.1, 0.15) is 11.4 Å². The van der Waals surface area contributed by atoms with E-state index in [1.807, 2.05) is 48.7 Å². The fourth-order valence-electron chi connectivity index (χ4n) is 2.90. The van der Waals surface area contributed by atoms with Gasteiger partial charge in [-0.05, 0) is 49.7 Å². The molecule has 3 rings (SSSR count). The molecule has 0 atom stereocenters. The Bertz CT molecular complexity index is 1030. The van der Waals surface area contributed by atoms with Crippen LogP contribution >= 0.6 is 11.8 Å². The van der Waals surface area contributed by atoms with Gasteiger partial charge in [0.2, 0.25) is 5.91 Å². The van der Waals surface area contributed by atoms with Crippen molar-refractivity contribution in [2.45, 2.75) is 19.0 Å². The van der Waals surface area contributed by atoms with Crippen molar-refractivity contribution in [2.24, 2.45) is 0 Å². The molecule has 158 valence electrons. The molecule has 30 heavy (non-hydrogen) atoms. The van der Waals surface area contributed by atoms with Gasteiger partial charge in [0.1, 0.15) is 11.6 Å². The number of anilines is 1. The van der Waals surface area contributed by atoms with E-state index in [4.69, 9.17) is 14.2 Å². The number of thioether (sulfide) groups is 1. The summed E-state index contributed by atoms with van der Waals surface area (Å²) in [5, 5.41) is 11.9. The van der Waals surface area contributed by atoms with Crippen LogP contribution in [0.25, 0.3) is 5.69 Å². The molecule has 0 radical (unpaired) electrons. The number of methoxy groups -OCH3 is 3. The highest BCUT2D eigenvalue weighted by Gasteiger charge is 2.15. The molecule has 0 aliphatic heterocycles. The van der Waals surface area contributed by atoms with E-state index in [1.165, 1.54) is 11.8 Å². The molecule has 0 saturated carbocycles. The third kappa shape index (κ3) is 4.68. The minimum absolute atomic E-state index is 0.155. The van der Waals surface area contributed by atoms with E-state index in [-0.39, 0.29) is 11.7 Å². The van der Waals surface area contributed by atoms with Crippen LogP contribution in [0.4, 0.5) is 5.69 Å². The van der Waals surface area contributed by atoms with Crippen molar-refractivity contribution in [3.63, 3.8) is 0 Å². The first-order valence-electron chi connectivity index (χ1n) is 9.18. The third-order valence-electron chi connectivity index (χ3n) is 4.46. The summed E-state index contributed by atoms with van der Waals surface area (Å²) in [6.07, 6.45) is 0. The molecule has 0 spiro atoms. The average Bonchev–Trinajstić information content (AvgIpc) is 3.13. The van der Waals surface area contributed by atoms with E-state index in [0.29, 0.717) is 22.3 Å². The van der Waals surface area contributed by atoms with Crippen LogP contribution < -0.4 is 19.5 Å². The maximum Gasteiger partial charge on any atom is 0.234 e. The molecule has 1 amide bonds. The van der Waals surface area contributed by atoms with Crippen molar-refractivity contribution >= 4 is 23.4 Å². The van der Waals surface area contributed by atoms with Crippen molar-refractivity contribution in [1.29, 1.82) is 0 Å². The van der Waals surface area contributed by atoms with Crippen molar-refractivity contribution in [1.82, 2.24) is 14.8 Å². The fourth-order valence-corrected chi connectivity index (χ4v) is 3.69. The van der Waals surface area contributed by atoms with E-state index >= 15 is 0 Å². The van der Waals surface area contributed by atoms with E-state index in [2.05, 4.69) is 15.5 Å². The third-order valence-corrected chi connectivity index (χ3v) is 5.39. The lowest BCUT2D eigenvalue weighted by Crippen LogP contribution is -2.15. The minimum Gasteiger partial charge on any atom is -0.497 e. The Kier molecular flexibility index (Phi) is 6.83. The van der Waals surface area contributed by atoms with Gasteiger partial charge in [-0.25, -0.2) is 0 Å². The molecule has 0 unspecified atom stereocenters. The van der Waals surface area contributed by atoms with Crippen LogP contribution in [0.3, 0.4) is 0 Å². The first-order valence-corrected chi connectivity index (χ1v) is 10.2. The lowest BCUT2D eigenvalue weighted by atomic mass is 10.1. The summed E-state index contributed by atoms with van der Waals surface area (Å²) in [7, 11) is 4.76. The Labute approximate surface area is 179 Å². The first-order chi connectivity index (χ1) is 14.5. The quantitative estimate of drug-likeness (QED) is 0.548. The van der Waals surface area contributed by atoms with E-state index in [1.54, 1.807) is 27.4 Å². The van der Waals surface area contributed by atoms with Crippen LogP contribution in [-0.4, -0.2) is 47.8 Å². The fraction of sp³-hybridized carbons (Fsp3) is 0.286. The number of hydrogen-bond donors (Lipinski definition) is 1. The lowest BCUT2D eigenvalue weighted by Gasteiger charge is -2.13. The number of carbonyl (C=O) groups is 1. The van der Waals surface area contributed by atoms with Gasteiger partial charge < -0.3 is 19.5 Å². The molecular formula is C21H24N4O4S. The molecule has 2 aromatic carbocycles. The second-order valence-electron chi connectivity index (χ2n) is 6.42. The second-order valence-corrected chi connectivity index (χ2v) is 7.36. The van der Waals surface area contributed by atoms with Crippen molar-refractivity contribution in [2.75, 3.05) is 32.4 Å². The number of ether oxygens (including phenoxy) is 3. The first kappa shape index (κ1) is 21.5. The maximum absolute atomic E-state index is 12.6. The molecule has 0 aliphatic carbocycles. The Hall–Kier alpha value is -3.20.